The minimum absolute atomic E-state index is 0.145. The molecular formula is C20H23ClN2O2. The topological polar surface area (TPSA) is 49.4 Å². The summed E-state index contributed by atoms with van der Waals surface area (Å²) in [7, 11) is 0. The molecule has 0 spiro atoms. The molecule has 0 aliphatic heterocycles. The van der Waals surface area contributed by atoms with Gasteiger partial charge in [-0.15, -0.1) is 0 Å². The Hall–Kier alpha value is -2.33. The van der Waals surface area contributed by atoms with Crippen LogP contribution in [-0.4, -0.2) is 22.8 Å². The first-order chi connectivity index (χ1) is 11.9. The van der Waals surface area contributed by atoms with E-state index in [1.807, 2.05) is 43.3 Å². The summed E-state index contributed by atoms with van der Waals surface area (Å²) in [5.41, 5.74) is 3.13. The van der Waals surface area contributed by atoms with E-state index in [0.717, 1.165) is 11.1 Å². The van der Waals surface area contributed by atoms with Crippen LogP contribution < -0.4 is 5.32 Å². The fourth-order valence-corrected chi connectivity index (χ4v) is 2.62. The van der Waals surface area contributed by atoms with Crippen molar-refractivity contribution in [3.05, 3.63) is 70.2 Å². The van der Waals surface area contributed by atoms with E-state index in [4.69, 9.17) is 11.6 Å². The fourth-order valence-electron chi connectivity index (χ4n) is 2.49. The van der Waals surface area contributed by atoms with Crippen molar-refractivity contribution in [2.24, 2.45) is 0 Å². The number of hydrogen-bond acceptors (Lipinski definition) is 2. The molecule has 4 nitrogen and oxygen atoms in total. The van der Waals surface area contributed by atoms with Crippen molar-refractivity contribution >= 4 is 23.4 Å². The molecule has 0 saturated carbocycles. The lowest BCUT2D eigenvalue weighted by Gasteiger charge is -2.27. The fraction of sp³-hybridized carbons (Fsp3) is 0.300. The molecule has 0 unspecified atom stereocenters. The van der Waals surface area contributed by atoms with Crippen molar-refractivity contribution in [2.45, 2.75) is 39.9 Å². The van der Waals surface area contributed by atoms with Crippen LogP contribution in [0.1, 0.15) is 30.5 Å². The third-order valence-electron chi connectivity index (χ3n) is 4.10. The predicted octanol–water partition coefficient (Wildman–Crippen LogP) is 3.70. The first-order valence-corrected chi connectivity index (χ1v) is 8.59. The number of nitrogens with zero attached hydrogens (tertiary/aromatic N) is 1. The maximum atomic E-state index is 12.4. The Bertz CT molecular complexity index is 726. The lowest BCUT2D eigenvalue weighted by atomic mass is 10.1. The highest BCUT2D eigenvalue weighted by Crippen LogP contribution is 2.13. The first kappa shape index (κ1) is 19.0. The van der Waals surface area contributed by atoms with Crippen molar-refractivity contribution in [1.29, 1.82) is 0 Å². The Balaban J connectivity index is 1.99. The molecule has 5 heteroatoms. The molecular weight excluding hydrogens is 336 g/mol. The first-order valence-electron chi connectivity index (χ1n) is 8.21. The highest BCUT2D eigenvalue weighted by atomic mass is 35.5. The van der Waals surface area contributed by atoms with Gasteiger partial charge in [0.15, 0.2) is 0 Å². The maximum Gasteiger partial charge on any atom is 0.242 e. The zero-order chi connectivity index (χ0) is 18.4. The Morgan fingerprint density at radius 3 is 2.16 bits per heavy atom. The van der Waals surface area contributed by atoms with E-state index in [2.05, 4.69) is 5.32 Å². The number of carbonyl (C=O) groups is 2. The summed E-state index contributed by atoms with van der Waals surface area (Å²) in [5.74, 6) is -0.322. The molecule has 0 aliphatic carbocycles. The van der Waals surface area contributed by atoms with Gasteiger partial charge in [0, 0.05) is 25.0 Å². The average Bonchev–Trinajstić information content (AvgIpc) is 2.59. The van der Waals surface area contributed by atoms with Crippen LogP contribution >= 0.6 is 11.6 Å². The minimum atomic E-state index is -0.557. The second-order valence-electron chi connectivity index (χ2n) is 6.15. The Morgan fingerprint density at radius 2 is 1.60 bits per heavy atom. The van der Waals surface area contributed by atoms with E-state index in [9.17, 15) is 9.59 Å². The van der Waals surface area contributed by atoms with Crippen molar-refractivity contribution in [3.8, 4) is 0 Å². The molecule has 0 aromatic heterocycles. The van der Waals surface area contributed by atoms with Gasteiger partial charge in [0.05, 0.1) is 0 Å². The maximum absolute atomic E-state index is 12.4. The molecule has 1 N–H and O–H groups in total. The third kappa shape index (κ3) is 5.61. The van der Waals surface area contributed by atoms with Crippen LogP contribution in [-0.2, 0) is 22.7 Å². The van der Waals surface area contributed by atoms with Gasteiger partial charge in [0.2, 0.25) is 11.8 Å². The zero-order valence-electron chi connectivity index (χ0n) is 14.8. The quantitative estimate of drug-likeness (QED) is 0.855. The largest absolute Gasteiger partial charge is 0.350 e. The summed E-state index contributed by atoms with van der Waals surface area (Å²) < 4.78 is 0. The number of benzene rings is 2. The number of amides is 2. The molecule has 0 aliphatic rings. The highest BCUT2D eigenvalue weighted by molar-refractivity contribution is 6.30. The van der Waals surface area contributed by atoms with Crippen molar-refractivity contribution in [3.63, 3.8) is 0 Å². The molecule has 2 aromatic rings. The monoisotopic (exact) mass is 358 g/mol. The number of aryl methyl sites for hydroxylation is 1. The molecule has 0 radical (unpaired) electrons. The number of hydrogen-bond donors (Lipinski definition) is 1. The van der Waals surface area contributed by atoms with Crippen molar-refractivity contribution in [2.75, 3.05) is 0 Å². The van der Waals surface area contributed by atoms with Gasteiger partial charge in [-0.1, -0.05) is 53.6 Å². The summed E-state index contributed by atoms with van der Waals surface area (Å²) in [6.07, 6.45) is 0. The van der Waals surface area contributed by atoms with Crippen LogP contribution in [0.4, 0.5) is 0 Å². The third-order valence-corrected chi connectivity index (χ3v) is 4.36. The molecule has 2 aromatic carbocycles. The molecule has 25 heavy (non-hydrogen) atoms. The van der Waals surface area contributed by atoms with E-state index in [1.54, 1.807) is 24.0 Å². The lowest BCUT2D eigenvalue weighted by molar-refractivity contribution is -0.139. The van der Waals surface area contributed by atoms with E-state index < -0.39 is 6.04 Å². The Labute approximate surface area is 153 Å². The normalized spacial score (nSPS) is 11.7. The molecule has 0 saturated heterocycles. The van der Waals surface area contributed by atoms with Crippen LogP contribution in [0.25, 0.3) is 0 Å². The molecule has 0 fully saturated rings. The van der Waals surface area contributed by atoms with Gasteiger partial charge in [-0.25, -0.2) is 0 Å². The van der Waals surface area contributed by atoms with E-state index >= 15 is 0 Å². The molecule has 0 heterocycles. The smallest absolute Gasteiger partial charge is 0.242 e. The summed E-state index contributed by atoms with van der Waals surface area (Å²) in [4.78, 5) is 26.0. The summed E-state index contributed by atoms with van der Waals surface area (Å²) in [5, 5.41) is 3.54. The van der Waals surface area contributed by atoms with Gasteiger partial charge in [0.25, 0.3) is 0 Å². The van der Waals surface area contributed by atoms with E-state index in [1.165, 1.54) is 12.5 Å². The van der Waals surface area contributed by atoms with Crippen LogP contribution in [0.5, 0.6) is 0 Å². The highest BCUT2D eigenvalue weighted by Gasteiger charge is 2.23. The number of halogens is 1. The number of carbonyl (C=O) groups excluding carboxylic acids is 2. The van der Waals surface area contributed by atoms with Gasteiger partial charge < -0.3 is 10.2 Å². The van der Waals surface area contributed by atoms with Gasteiger partial charge in [0.1, 0.15) is 6.04 Å². The van der Waals surface area contributed by atoms with Crippen molar-refractivity contribution < 1.29 is 9.59 Å². The standard InChI is InChI=1S/C20H23ClN2O2/c1-14-4-6-17(7-5-14)12-22-20(25)15(2)23(16(3)24)13-18-8-10-19(21)11-9-18/h4-11,15H,12-13H2,1-3H3,(H,22,25)/t15-/m0/s1. The molecule has 2 rings (SSSR count). The van der Waals surface area contributed by atoms with Gasteiger partial charge >= 0.3 is 0 Å². The second-order valence-corrected chi connectivity index (χ2v) is 6.59. The molecule has 0 bridgehead atoms. The second kappa shape index (κ2) is 8.67. The van der Waals surface area contributed by atoms with E-state index in [-0.39, 0.29) is 11.8 Å². The SMILES string of the molecule is CC(=O)N(Cc1ccc(Cl)cc1)[C@@H](C)C(=O)NCc1ccc(C)cc1. The summed E-state index contributed by atoms with van der Waals surface area (Å²) in [6, 6.07) is 14.7. The number of rotatable bonds is 6. The van der Waals surface area contributed by atoms with Crippen LogP contribution in [0.3, 0.4) is 0 Å². The minimum Gasteiger partial charge on any atom is -0.350 e. The Kier molecular flexibility index (Phi) is 6.59. The average molecular weight is 359 g/mol. The van der Waals surface area contributed by atoms with Gasteiger partial charge in [-0.05, 0) is 37.1 Å². The molecule has 2 amide bonds. The van der Waals surface area contributed by atoms with Crippen LogP contribution in [0, 0.1) is 6.92 Å². The summed E-state index contributed by atoms with van der Waals surface area (Å²) >= 11 is 5.89. The van der Waals surface area contributed by atoms with Crippen LogP contribution in [0.15, 0.2) is 48.5 Å². The van der Waals surface area contributed by atoms with Crippen LogP contribution in [0.2, 0.25) is 5.02 Å². The predicted molar refractivity (Wildman–Crippen MR) is 100 cm³/mol. The molecule has 132 valence electrons. The zero-order valence-corrected chi connectivity index (χ0v) is 15.5. The number of nitrogens with one attached hydrogen (secondary N) is 1. The van der Waals surface area contributed by atoms with Gasteiger partial charge in [-0.2, -0.15) is 0 Å². The lowest BCUT2D eigenvalue weighted by Crippen LogP contribution is -2.46. The van der Waals surface area contributed by atoms with E-state index in [0.29, 0.717) is 18.1 Å². The summed E-state index contributed by atoms with van der Waals surface area (Å²) in [6.45, 7) is 6.04. The van der Waals surface area contributed by atoms with Crippen molar-refractivity contribution in [1.82, 2.24) is 10.2 Å². The molecule has 1 atom stereocenters. The Morgan fingerprint density at radius 1 is 1.04 bits per heavy atom. The van der Waals surface area contributed by atoms with Gasteiger partial charge in [-0.3, -0.25) is 9.59 Å².